The quantitative estimate of drug-likeness (QED) is 0.657. The number of pyridine rings is 1. The van der Waals surface area contributed by atoms with Crippen LogP contribution in [0.15, 0.2) is 16.9 Å². The van der Waals surface area contributed by atoms with Crippen LogP contribution in [0.4, 0.5) is 5.69 Å². The Kier molecular flexibility index (Phi) is 2.15. The highest BCUT2D eigenvalue weighted by atomic mass is 16.3. The predicted octanol–water partition coefficient (Wildman–Crippen LogP) is 1.44. The molecule has 2 rings (SSSR count). The van der Waals surface area contributed by atoms with E-state index in [1.807, 2.05) is 6.92 Å². The van der Waals surface area contributed by atoms with Crippen LogP contribution in [0.2, 0.25) is 0 Å². The number of aryl methyl sites for hydroxylation is 2. The fourth-order valence-electron chi connectivity index (χ4n) is 2.02. The van der Waals surface area contributed by atoms with Crippen LogP contribution in [-0.4, -0.2) is 9.67 Å². The summed E-state index contributed by atoms with van der Waals surface area (Å²) < 4.78 is 1.51. The van der Waals surface area contributed by atoms with Crippen LogP contribution >= 0.6 is 0 Å². The number of hydrogen-bond acceptors (Lipinski definition) is 3. The second-order valence-corrected chi connectivity index (χ2v) is 4.07. The minimum Gasteiger partial charge on any atom is -0.507 e. The maximum Gasteiger partial charge on any atom is 0.257 e. The van der Waals surface area contributed by atoms with E-state index in [1.54, 1.807) is 26.1 Å². The molecule has 0 radical (unpaired) electrons. The molecular weight excluding hydrogens is 204 g/mol. The van der Waals surface area contributed by atoms with Crippen molar-refractivity contribution >= 4 is 16.6 Å². The Morgan fingerprint density at radius 1 is 1.31 bits per heavy atom. The van der Waals surface area contributed by atoms with E-state index in [0.29, 0.717) is 22.2 Å². The monoisotopic (exact) mass is 218 g/mol. The molecule has 2 aromatic rings. The highest BCUT2D eigenvalue weighted by Crippen LogP contribution is 2.30. The molecule has 0 bridgehead atoms. The summed E-state index contributed by atoms with van der Waals surface area (Å²) in [5.74, 6) is 0.0515. The Balaban J connectivity index is 3.15. The molecule has 84 valence electrons. The van der Waals surface area contributed by atoms with Gasteiger partial charge < -0.3 is 15.4 Å². The fourth-order valence-corrected chi connectivity index (χ4v) is 2.02. The van der Waals surface area contributed by atoms with Crippen molar-refractivity contribution in [3.63, 3.8) is 0 Å². The smallest absolute Gasteiger partial charge is 0.257 e. The topological polar surface area (TPSA) is 68.2 Å². The molecule has 0 aliphatic rings. The third-order valence-electron chi connectivity index (χ3n) is 2.92. The van der Waals surface area contributed by atoms with Gasteiger partial charge in [0.15, 0.2) is 0 Å². The molecule has 16 heavy (non-hydrogen) atoms. The minimum atomic E-state index is -0.199. The number of aromatic nitrogens is 1. The van der Waals surface area contributed by atoms with Gasteiger partial charge in [0.1, 0.15) is 5.75 Å². The van der Waals surface area contributed by atoms with Crippen molar-refractivity contribution in [1.82, 2.24) is 4.57 Å². The second kappa shape index (κ2) is 3.27. The van der Waals surface area contributed by atoms with E-state index in [-0.39, 0.29) is 11.3 Å². The molecule has 0 saturated carbocycles. The molecule has 1 aromatic carbocycles. The summed E-state index contributed by atoms with van der Waals surface area (Å²) in [5, 5.41) is 10.7. The van der Waals surface area contributed by atoms with Crippen molar-refractivity contribution in [3.8, 4) is 5.75 Å². The molecule has 0 saturated heterocycles. The first kappa shape index (κ1) is 10.5. The highest BCUT2D eigenvalue weighted by Gasteiger charge is 2.13. The van der Waals surface area contributed by atoms with Gasteiger partial charge in [0.2, 0.25) is 0 Å². The van der Waals surface area contributed by atoms with Crippen molar-refractivity contribution in [2.75, 3.05) is 5.73 Å². The maximum absolute atomic E-state index is 11.8. The van der Waals surface area contributed by atoms with Crippen LogP contribution in [0, 0.1) is 13.8 Å². The minimum absolute atomic E-state index is 0.0515. The first-order valence-corrected chi connectivity index (χ1v) is 5.02. The number of benzene rings is 1. The van der Waals surface area contributed by atoms with Crippen molar-refractivity contribution in [2.24, 2.45) is 7.05 Å². The van der Waals surface area contributed by atoms with E-state index in [1.165, 1.54) is 4.57 Å². The van der Waals surface area contributed by atoms with Gasteiger partial charge in [-0.1, -0.05) is 0 Å². The van der Waals surface area contributed by atoms with Gasteiger partial charge in [0.05, 0.1) is 11.1 Å². The van der Waals surface area contributed by atoms with Gasteiger partial charge in [-0.2, -0.15) is 0 Å². The van der Waals surface area contributed by atoms with E-state index in [2.05, 4.69) is 0 Å². The largest absolute Gasteiger partial charge is 0.507 e. The molecule has 3 N–H and O–H groups in total. The van der Waals surface area contributed by atoms with Crippen molar-refractivity contribution in [2.45, 2.75) is 13.8 Å². The van der Waals surface area contributed by atoms with Crippen molar-refractivity contribution in [3.05, 3.63) is 33.6 Å². The van der Waals surface area contributed by atoms with Gasteiger partial charge in [0.25, 0.3) is 5.56 Å². The molecule has 0 atom stereocenters. The van der Waals surface area contributed by atoms with E-state index >= 15 is 0 Å². The summed E-state index contributed by atoms with van der Waals surface area (Å²) in [4.78, 5) is 11.8. The first-order chi connectivity index (χ1) is 7.43. The zero-order valence-electron chi connectivity index (χ0n) is 9.53. The van der Waals surface area contributed by atoms with Gasteiger partial charge >= 0.3 is 0 Å². The highest BCUT2D eigenvalue weighted by molar-refractivity contribution is 5.91. The van der Waals surface area contributed by atoms with Gasteiger partial charge in [-0.05, 0) is 31.5 Å². The maximum atomic E-state index is 11.8. The van der Waals surface area contributed by atoms with Gasteiger partial charge in [-0.25, -0.2) is 0 Å². The molecule has 0 amide bonds. The number of fused-ring (bicyclic) bond motifs is 1. The number of rotatable bonds is 0. The molecule has 4 heteroatoms. The molecule has 1 heterocycles. The fraction of sp³-hybridized carbons (Fsp3) is 0.250. The molecule has 0 fully saturated rings. The van der Waals surface area contributed by atoms with E-state index < -0.39 is 0 Å². The van der Waals surface area contributed by atoms with Gasteiger partial charge in [-0.3, -0.25) is 4.79 Å². The Labute approximate surface area is 92.9 Å². The number of nitrogen functional groups attached to an aromatic ring is 1. The summed E-state index contributed by atoms with van der Waals surface area (Å²) >= 11 is 0. The lowest BCUT2D eigenvalue weighted by molar-refractivity contribution is 0.474. The normalized spacial score (nSPS) is 10.9. The zero-order valence-corrected chi connectivity index (χ0v) is 9.53. The summed E-state index contributed by atoms with van der Waals surface area (Å²) in [7, 11) is 1.68. The predicted molar refractivity (Wildman–Crippen MR) is 64.7 cm³/mol. The second-order valence-electron chi connectivity index (χ2n) is 4.07. The third kappa shape index (κ3) is 1.26. The number of nitrogens with two attached hydrogens (primary N) is 1. The average molecular weight is 218 g/mol. The summed E-state index contributed by atoms with van der Waals surface area (Å²) in [5.41, 5.74) is 8.01. The first-order valence-electron chi connectivity index (χ1n) is 5.02. The third-order valence-corrected chi connectivity index (χ3v) is 2.92. The molecule has 0 spiro atoms. The lowest BCUT2D eigenvalue weighted by Crippen LogP contribution is -2.19. The summed E-state index contributed by atoms with van der Waals surface area (Å²) in [6.07, 6.45) is 0. The Morgan fingerprint density at radius 3 is 2.56 bits per heavy atom. The molecule has 4 nitrogen and oxygen atoms in total. The molecule has 0 unspecified atom stereocenters. The molecule has 1 aromatic heterocycles. The number of hydrogen-bond donors (Lipinski definition) is 2. The van der Waals surface area contributed by atoms with Crippen LogP contribution in [0.5, 0.6) is 5.75 Å². The zero-order chi connectivity index (χ0) is 12.0. The number of aromatic hydroxyl groups is 1. The van der Waals surface area contributed by atoms with Crippen LogP contribution in [0.1, 0.15) is 11.1 Å². The number of nitrogens with zero attached hydrogens (tertiary/aromatic N) is 1. The Hall–Kier alpha value is -1.97. The molecule has 0 aliphatic carbocycles. The van der Waals surface area contributed by atoms with E-state index in [0.717, 1.165) is 5.56 Å². The van der Waals surface area contributed by atoms with Crippen LogP contribution in [0.25, 0.3) is 10.9 Å². The molecular formula is C12H14N2O2. The van der Waals surface area contributed by atoms with Crippen LogP contribution in [-0.2, 0) is 7.05 Å². The van der Waals surface area contributed by atoms with E-state index in [4.69, 9.17) is 5.73 Å². The van der Waals surface area contributed by atoms with E-state index in [9.17, 15) is 9.90 Å². The lowest BCUT2D eigenvalue weighted by atomic mass is 10.0. The van der Waals surface area contributed by atoms with Crippen molar-refractivity contribution in [1.29, 1.82) is 0 Å². The average Bonchev–Trinajstić information content (AvgIpc) is 2.22. The SMILES string of the molecule is Cc1c(O)c2c(C)cc(N)cc2n(C)c1=O. The summed E-state index contributed by atoms with van der Waals surface area (Å²) in [6.45, 7) is 3.48. The summed E-state index contributed by atoms with van der Waals surface area (Å²) in [6, 6.07) is 3.48. The lowest BCUT2D eigenvalue weighted by Gasteiger charge is -2.12. The molecule has 0 aliphatic heterocycles. The number of anilines is 1. The Morgan fingerprint density at radius 2 is 1.94 bits per heavy atom. The van der Waals surface area contributed by atoms with Gasteiger partial charge in [-0.15, -0.1) is 0 Å². The Bertz CT molecular complexity index is 642. The van der Waals surface area contributed by atoms with Crippen molar-refractivity contribution < 1.29 is 5.11 Å². The van der Waals surface area contributed by atoms with Gasteiger partial charge in [0, 0.05) is 18.1 Å². The van der Waals surface area contributed by atoms with Crippen LogP contribution in [0.3, 0.4) is 0 Å². The standard InChI is InChI=1S/C12H14N2O2/c1-6-4-8(13)5-9-10(6)11(15)7(2)12(16)14(9)3/h4-5,15H,13H2,1-3H3. The van der Waals surface area contributed by atoms with Crippen LogP contribution < -0.4 is 11.3 Å².